The number of hydrogen-bond donors (Lipinski definition) is 1. The standard InChI is InChI=1S/C8H10N2O2/c1-6-3-4-7(10(11)12)5-8(6)9-2/h3-5,9H,1-2H3. The van der Waals surface area contributed by atoms with Crippen LogP contribution in [0.1, 0.15) is 5.56 Å². The van der Waals surface area contributed by atoms with Crippen LogP contribution in [0.4, 0.5) is 11.4 Å². The SMILES string of the molecule is CNc1cc([N+](=O)[O-])ccc1C. The molecule has 1 N–H and O–H groups in total. The van der Waals surface area contributed by atoms with Gasteiger partial charge in [0.05, 0.1) is 4.92 Å². The Balaban J connectivity index is 3.13. The number of nitrogens with one attached hydrogen (secondary N) is 1. The lowest BCUT2D eigenvalue weighted by molar-refractivity contribution is -0.384. The summed E-state index contributed by atoms with van der Waals surface area (Å²) in [5.74, 6) is 0. The number of nitro groups is 1. The predicted molar refractivity (Wildman–Crippen MR) is 47.4 cm³/mol. The first kappa shape index (κ1) is 8.52. The van der Waals surface area contributed by atoms with Crippen molar-refractivity contribution in [2.75, 3.05) is 12.4 Å². The van der Waals surface area contributed by atoms with Crippen LogP contribution in [0.15, 0.2) is 18.2 Å². The molecule has 0 atom stereocenters. The van der Waals surface area contributed by atoms with Crippen molar-refractivity contribution in [3.63, 3.8) is 0 Å². The van der Waals surface area contributed by atoms with Crippen LogP contribution < -0.4 is 5.32 Å². The second-order valence-corrected chi connectivity index (χ2v) is 2.51. The molecule has 0 saturated carbocycles. The van der Waals surface area contributed by atoms with E-state index in [1.807, 2.05) is 6.92 Å². The molecule has 4 nitrogen and oxygen atoms in total. The number of nitro benzene ring substituents is 1. The quantitative estimate of drug-likeness (QED) is 0.539. The minimum atomic E-state index is -0.403. The number of benzene rings is 1. The highest BCUT2D eigenvalue weighted by atomic mass is 16.6. The molecule has 1 aromatic carbocycles. The zero-order valence-corrected chi connectivity index (χ0v) is 7.00. The van der Waals surface area contributed by atoms with Crippen LogP contribution in [0, 0.1) is 17.0 Å². The molecule has 12 heavy (non-hydrogen) atoms. The van der Waals surface area contributed by atoms with E-state index in [0.717, 1.165) is 11.3 Å². The third-order valence-electron chi connectivity index (χ3n) is 1.70. The van der Waals surface area contributed by atoms with E-state index in [1.165, 1.54) is 12.1 Å². The van der Waals surface area contributed by atoms with Gasteiger partial charge in [-0.3, -0.25) is 10.1 Å². The van der Waals surface area contributed by atoms with Crippen molar-refractivity contribution in [1.82, 2.24) is 0 Å². The molecule has 0 aliphatic carbocycles. The van der Waals surface area contributed by atoms with Gasteiger partial charge in [-0.2, -0.15) is 0 Å². The van der Waals surface area contributed by atoms with E-state index < -0.39 is 4.92 Å². The Morgan fingerprint density at radius 3 is 2.67 bits per heavy atom. The van der Waals surface area contributed by atoms with E-state index in [0.29, 0.717) is 0 Å². The van der Waals surface area contributed by atoms with Gasteiger partial charge in [-0.15, -0.1) is 0 Å². The highest BCUT2D eigenvalue weighted by molar-refractivity contribution is 5.56. The van der Waals surface area contributed by atoms with E-state index in [-0.39, 0.29) is 5.69 Å². The molecule has 0 aliphatic rings. The molecule has 0 aromatic heterocycles. The number of hydrogen-bond acceptors (Lipinski definition) is 3. The first-order chi connectivity index (χ1) is 5.65. The molecule has 0 unspecified atom stereocenters. The topological polar surface area (TPSA) is 55.2 Å². The lowest BCUT2D eigenvalue weighted by Crippen LogP contribution is -1.94. The summed E-state index contributed by atoms with van der Waals surface area (Å²) >= 11 is 0. The fourth-order valence-electron chi connectivity index (χ4n) is 0.993. The minimum absolute atomic E-state index is 0.116. The van der Waals surface area contributed by atoms with Gasteiger partial charge < -0.3 is 5.32 Å². The summed E-state index contributed by atoms with van der Waals surface area (Å²) in [4.78, 5) is 9.96. The molecule has 0 fully saturated rings. The lowest BCUT2D eigenvalue weighted by atomic mass is 10.2. The average Bonchev–Trinajstić information content (AvgIpc) is 2.05. The zero-order valence-electron chi connectivity index (χ0n) is 7.00. The van der Waals surface area contributed by atoms with E-state index in [2.05, 4.69) is 5.32 Å². The van der Waals surface area contributed by atoms with Gasteiger partial charge in [0.1, 0.15) is 0 Å². The number of anilines is 1. The summed E-state index contributed by atoms with van der Waals surface area (Å²) in [6.07, 6.45) is 0. The van der Waals surface area contributed by atoms with E-state index in [1.54, 1.807) is 13.1 Å². The van der Waals surface area contributed by atoms with Crippen molar-refractivity contribution in [3.05, 3.63) is 33.9 Å². The average molecular weight is 166 g/mol. The van der Waals surface area contributed by atoms with Crippen LogP contribution in [-0.4, -0.2) is 12.0 Å². The molecular formula is C8H10N2O2. The largest absolute Gasteiger partial charge is 0.388 e. The third kappa shape index (κ3) is 1.53. The minimum Gasteiger partial charge on any atom is -0.388 e. The second-order valence-electron chi connectivity index (χ2n) is 2.51. The maximum atomic E-state index is 10.4. The molecule has 0 amide bonds. The molecule has 0 bridgehead atoms. The van der Waals surface area contributed by atoms with Gasteiger partial charge in [-0.25, -0.2) is 0 Å². The monoisotopic (exact) mass is 166 g/mol. The van der Waals surface area contributed by atoms with Gasteiger partial charge in [0.15, 0.2) is 0 Å². The normalized spacial score (nSPS) is 9.50. The van der Waals surface area contributed by atoms with Crippen molar-refractivity contribution in [1.29, 1.82) is 0 Å². The van der Waals surface area contributed by atoms with E-state index in [4.69, 9.17) is 0 Å². The Bertz CT molecular complexity index is 310. The smallest absolute Gasteiger partial charge is 0.271 e. The Morgan fingerprint density at radius 1 is 1.50 bits per heavy atom. The highest BCUT2D eigenvalue weighted by Crippen LogP contribution is 2.20. The van der Waals surface area contributed by atoms with Crippen molar-refractivity contribution in [2.24, 2.45) is 0 Å². The third-order valence-corrected chi connectivity index (χ3v) is 1.70. The summed E-state index contributed by atoms with van der Waals surface area (Å²) in [6.45, 7) is 1.90. The fourth-order valence-corrected chi connectivity index (χ4v) is 0.993. The summed E-state index contributed by atoms with van der Waals surface area (Å²) in [7, 11) is 1.74. The zero-order chi connectivity index (χ0) is 9.14. The van der Waals surface area contributed by atoms with Crippen LogP contribution in [0.25, 0.3) is 0 Å². The number of aryl methyl sites for hydroxylation is 1. The van der Waals surface area contributed by atoms with Gasteiger partial charge in [0.2, 0.25) is 0 Å². The second kappa shape index (κ2) is 3.21. The van der Waals surface area contributed by atoms with Gasteiger partial charge in [0, 0.05) is 24.9 Å². The van der Waals surface area contributed by atoms with Crippen LogP contribution in [0.5, 0.6) is 0 Å². The molecule has 1 aromatic rings. The summed E-state index contributed by atoms with van der Waals surface area (Å²) in [5, 5.41) is 13.2. The Kier molecular flexibility index (Phi) is 2.28. The maximum absolute atomic E-state index is 10.4. The first-order valence-corrected chi connectivity index (χ1v) is 3.58. The summed E-state index contributed by atoms with van der Waals surface area (Å²) < 4.78 is 0. The Hall–Kier alpha value is -1.58. The molecular weight excluding hydrogens is 156 g/mol. The summed E-state index contributed by atoms with van der Waals surface area (Å²) in [6, 6.07) is 4.75. The van der Waals surface area contributed by atoms with Crippen LogP contribution >= 0.6 is 0 Å². The molecule has 0 saturated heterocycles. The fraction of sp³-hybridized carbons (Fsp3) is 0.250. The molecule has 0 spiro atoms. The molecule has 0 heterocycles. The van der Waals surface area contributed by atoms with Crippen LogP contribution in [-0.2, 0) is 0 Å². The summed E-state index contributed by atoms with van der Waals surface area (Å²) in [5.41, 5.74) is 1.91. The molecule has 4 heteroatoms. The van der Waals surface area contributed by atoms with Crippen LogP contribution in [0.3, 0.4) is 0 Å². The van der Waals surface area contributed by atoms with Gasteiger partial charge in [-0.05, 0) is 12.5 Å². The van der Waals surface area contributed by atoms with Gasteiger partial charge in [0.25, 0.3) is 5.69 Å². The lowest BCUT2D eigenvalue weighted by Gasteiger charge is -2.02. The number of rotatable bonds is 2. The molecule has 0 aliphatic heterocycles. The molecule has 1 rings (SSSR count). The van der Waals surface area contributed by atoms with E-state index >= 15 is 0 Å². The predicted octanol–water partition coefficient (Wildman–Crippen LogP) is 1.94. The Labute approximate surface area is 70.4 Å². The Morgan fingerprint density at radius 2 is 2.17 bits per heavy atom. The van der Waals surface area contributed by atoms with Crippen molar-refractivity contribution in [3.8, 4) is 0 Å². The number of non-ortho nitro benzene ring substituents is 1. The highest BCUT2D eigenvalue weighted by Gasteiger charge is 2.06. The van der Waals surface area contributed by atoms with Crippen LogP contribution in [0.2, 0.25) is 0 Å². The first-order valence-electron chi connectivity index (χ1n) is 3.58. The molecule has 64 valence electrons. The van der Waals surface area contributed by atoms with Crippen molar-refractivity contribution in [2.45, 2.75) is 6.92 Å². The van der Waals surface area contributed by atoms with Crippen molar-refractivity contribution < 1.29 is 4.92 Å². The maximum Gasteiger partial charge on any atom is 0.271 e. The van der Waals surface area contributed by atoms with Gasteiger partial charge in [-0.1, -0.05) is 6.07 Å². The van der Waals surface area contributed by atoms with Crippen molar-refractivity contribution >= 4 is 11.4 Å². The number of nitrogens with zero attached hydrogens (tertiary/aromatic N) is 1. The molecule has 0 radical (unpaired) electrons. The van der Waals surface area contributed by atoms with E-state index in [9.17, 15) is 10.1 Å². The van der Waals surface area contributed by atoms with Gasteiger partial charge >= 0.3 is 0 Å².